The molecule has 8 heterocycles. The summed E-state index contributed by atoms with van der Waals surface area (Å²) in [6, 6.07) is 19.2. The van der Waals surface area contributed by atoms with Crippen molar-refractivity contribution >= 4 is 54.2 Å². The van der Waals surface area contributed by atoms with Crippen molar-refractivity contribution in [2.75, 3.05) is 0 Å². The Morgan fingerprint density at radius 2 is 1.67 bits per heavy atom. The Hall–Kier alpha value is -6.98. The van der Waals surface area contributed by atoms with Crippen LogP contribution < -0.4 is 0 Å². The van der Waals surface area contributed by atoms with E-state index in [2.05, 4.69) is 30.7 Å². The Labute approximate surface area is 296 Å². The normalized spacial score (nSPS) is 16.7. The molecule has 0 saturated carbocycles. The maximum absolute atomic E-state index is 6.56. The summed E-state index contributed by atoms with van der Waals surface area (Å²) in [6.45, 7) is 0. The highest BCUT2D eigenvalue weighted by molar-refractivity contribution is 8.47. The number of H-pyrrole nitrogens is 3. The number of hydrogen-bond acceptors (Lipinski definition) is 13. The molecule has 0 aliphatic carbocycles. The Kier molecular flexibility index (Phi) is 6.10. The largest absolute Gasteiger partial charge is 0.444 e. The molecule has 0 amide bonds. The summed E-state index contributed by atoms with van der Waals surface area (Å²) in [5, 5.41) is 27.1. The van der Waals surface area contributed by atoms with E-state index in [1.807, 2.05) is 60.0 Å². The zero-order valence-electron chi connectivity index (χ0n) is 26.4. The van der Waals surface area contributed by atoms with E-state index in [9.17, 15) is 0 Å². The first-order valence-electron chi connectivity index (χ1n) is 15.8. The van der Waals surface area contributed by atoms with Crippen molar-refractivity contribution in [1.82, 2.24) is 55.7 Å². The Bertz CT molecular complexity index is 2810. The first-order valence-corrected chi connectivity index (χ1v) is 18.3. The van der Waals surface area contributed by atoms with Gasteiger partial charge in [-0.25, -0.2) is 24.9 Å². The molecule has 1 unspecified atom stereocenters. The lowest BCUT2D eigenvalue weighted by Crippen LogP contribution is -2.15. The summed E-state index contributed by atoms with van der Waals surface area (Å²) in [7, 11) is -2.73. The van der Waals surface area contributed by atoms with Crippen LogP contribution in [0.15, 0.2) is 136 Å². The number of aliphatic imine (C=N–C) groups is 1. The maximum atomic E-state index is 6.56. The molecule has 1 aliphatic rings. The summed E-state index contributed by atoms with van der Waals surface area (Å²) < 4.78 is 19.0. The fraction of sp³-hybridized carbons (Fsp3) is 0. The minimum Gasteiger partial charge on any atom is -0.444 e. The van der Waals surface area contributed by atoms with Crippen molar-refractivity contribution in [2.24, 2.45) is 4.99 Å². The van der Waals surface area contributed by atoms with Gasteiger partial charge in [0.05, 0.1) is 40.2 Å². The van der Waals surface area contributed by atoms with Crippen LogP contribution >= 0.6 is 21.4 Å². The lowest BCUT2D eigenvalue weighted by Gasteiger charge is -2.34. The molecule has 52 heavy (non-hydrogen) atoms. The molecule has 3 N–H and O–H groups in total. The highest BCUT2D eigenvalue weighted by Gasteiger charge is 2.53. The molecule has 10 aromatic rings. The zero-order chi connectivity index (χ0) is 34.2. The predicted molar refractivity (Wildman–Crippen MR) is 191 cm³/mol. The molecule has 0 bridgehead atoms. The van der Waals surface area contributed by atoms with Crippen LogP contribution in [0.3, 0.4) is 0 Å². The second kappa shape index (κ2) is 11.0. The Morgan fingerprint density at radius 1 is 0.769 bits per heavy atom. The van der Waals surface area contributed by atoms with E-state index in [1.54, 1.807) is 30.9 Å². The van der Waals surface area contributed by atoms with Gasteiger partial charge in [0.1, 0.15) is 44.6 Å². The van der Waals surface area contributed by atoms with Gasteiger partial charge in [-0.3, -0.25) is 10.2 Å². The van der Waals surface area contributed by atoms with Crippen molar-refractivity contribution in [1.29, 1.82) is 0 Å². The molecule has 0 fully saturated rings. The topological polar surface area (TPSA) is 202 Å². The van der Waals surface area contributed by atoms with E-state index >= 15 is 0 Å². The summed E-state index contributed by atoms with van der Waals surface area (Å²) in [5.74, 6) is 1.18. The minimum atomic E-state index is -2.73. The van der Waals surface area contributed by atoms with Crippen molar-refractivity contribution in [2.45, 2.75) is 14.3 Å². The first-order chi connectivity index (χ1) is 25.8. The summed E-state index contributed by atoms with van der Waals surface area (Å²) in [4.78, 5) is 29.7. The average molecular weight is 721 g/mol. The SMILES string of the molecule is c1ccc2[nH]c(-c3c4c(c(-c5ncco5)c(-c5ccon5)c3-c3c[nH]nn3)S(c3cc[nH]n3)(c3nccs3)C(c3nc5ccccc5o3)=N4)nc2c1. The van der Waals surface area contributed by atoms with Crippen LogP contribution in [0, 0.1) is 0 Å². The minimum absolute atomic E-state index is 0.313. The van der Waals surface area contributed by atoms with Crippen molar-refractivity contribution in [3.8, 4) is 45.4 Å². The van der Waals surface area contributed by atoms with Gasteiger partial charge in [-0.2, -0.15) is 5.10 Å². The highest BCUT2D eigenvalue weighted by atomic mass is 32.3. The molecular formula is C35H20N12O3S2. The van der Waals surface area contributed by atoms with Crippen LogP contribution in [0.2, 0.25) is 0 Å². The van der Waals surface area contributed by atoms with Crippen LogP contribution in [-0.4, -0.2) is 60.7 Å². The number of aromatic amines is 3. The van der Waals surface area contributed by atoms with E-state index in [0.717, 1.165) is 20.3 Å². The number of benzene rings is 3. The summed E-state index contributed by atoms with van der Waals surface area (Å²) in [5.41, 5.74) is 6.91. The molecule has 0 radical (unpaired) electrons. The first kappa shape index (κ1) is 28.8. The molecule has 250 valence electrons. The van der Waals surface area contributed by atoms with Crippen LogP contribution in [0.4, 0.5) is 5.69 Å². The van der Waals surface area contributed by atoms with Gasteiger partial charge in [0.25, 0.3) is 5.89 Å². The van der Waals surface area contributed by atoms with E-state index in [1.165, 1.54) is 23.9 Å². The van der Waals surface area contributed by atoms with Crippen LogP contribution in [0.5, 0.6) is 0 Å². The zero-order valence-corrected chi connectivity index (χ0v) is 28.0. The fourth-order valence-corrected chi connectivity index (χ4v) is 12.0. The molecule has 3 aromatic carbocycles. The highest BCUT2D eigenvalue weighted by Crippen LogP contribution is 2.79. The number of para-hydroxylation sites is 4. The van der Waals surface area contributed by atoms with Gasteiger partial charge < -0.3 is 18.3 Å². The molecule has 1 atom stereocenters. The van der Waals surface area contributed by atoms with Gasteiger partial charge in [0.15, 0.2) is 10.6 Å². The molecule has 17 heteroatoms. The number of aromatic nitrogens is 11. The van der Waals surface area contributed by atoms with Gasteiger partial charge in [-0.15, -0.1) is 16.4 Å². The van der Waals surface area contributed by atoms with E-state index in [4.69, 9.17) is 43.4 Å². The summed E-state index contributed by atoms with van der Waals surface area (Å²) in [6.07, 6.45) is 9.92. The van der Waals surface area contributed by atoms with Crippen LogP contribution in [0.25, 0.3) is 67.5 Å². The summed E-state index contributed by atoms with van der Waals surface area (Å²) >= 11 is 1.49. The number of imidazole rings is 1. The number of hydrogen-bond donors (Lipinski definition) is 3. The second-order valence-corrected chi connectivity index (χ2v) is 15.6. The van der Waals surface area contributed by atoms with Gasteiger partial charge in [-0.1, -0.05) is 44.7 Å². The quantitative estimate of drug-likeness (QED) is 0.144. The number of oxazole rings is 2. The molecule has 1 aliphatic heterocycles. The molecule has 15 nitrogen and oxygen atoms in total. The third kappa shape index (κ3) is 3.99. The van der Waals surface area contributed by atoms with Gasteiger partial charge in [-0.05, 0) is 30.3 Å². The third-order valence-electron chi connectivity index (χ3n) is 8.82. The van der Waals surface area contributed by atoms with Crippen molar-refractivity contribution in [3.63, 3.8) is 0 Å². The fourth-order valence-electron chi connectivity index (χ4n) is 6.80. The van der Waals surface area contributed by atoms with Crippen molar-refractivity contribution < 1.29 is 13.4 Å². The number of thiazole rings is 1. The van der Waals surface area contributed by atoms with E-state index < -0.39 is 10.0 Å². The van der Waals surface area contributed by atoms with E-state index in [-0.39, 0.29) is 0 Å². The molecule has 11 rings (SSSR count). The van der Waals surface area contributed by atoms with Crippen LogP contribution in [0.1, 0.15) is 5.89 Å². The number of nitrogens with zero attached hydrogens (tertiary/aromatic N) is 9. The van der Waals surface area contributed by atoms with Crippen molar-refractivity contribution in [3.05, 3.63) is 109 Å². The molecule has 0 saturated heterocycles. The predicted octanol–water partition coefficient (Wildman–Crippen LogP) is 8.02. The lowest BCUT2D eigenvalue weighted by atomic mass is 9.89. The Balaban J connectivity index is 1.41. The average Bonchev–Trinajstić information content (AvgIpc) is 4.04. The van der Waals surface area contributed by atoms with Gasteiger partial charge in [0, 0.05) is 39.9 Å². The number of rotatable bonds is 7. The standard InChI is InChI=1S/C35H20N12O3S2/c1-2-6-19-18(5-1)40-31(41-19)27-26(22-17-39-47-44-22)25(21-10-14-49-46-21)28(32-36-12-15-48-32)30-29(27)43-34(33-42-20-7-3-4-8-23(20)50-33)52(30,24-9-11-38-45-24)35-37-13-16-51-35/h1-17H,(H,38,45)(H,40,41)(H,39,44,47). The van der Waals surface area contributed by atoms with Gasteiger partial charge >= 0.3 is 0 Å². The lowest BCUT2D eigenvalue weighted by molar-refractivity contribution is 0.422. The Morgan fingerprint density at radius 3 is 2.42 bits per heavy atom. The maximum Gasteiger partial charge on any atom is 0.252 e. The third-order valence-corrected chi connectivity index (χ3v) is 13.8. The number of nitrogens with one attached hydrogen (secondary N) is 3. The molecular weight excluding hydrogens is 701 g/mol. The molecule has 0 spiro atoms. The van der Waals surface area contributed by atoms with E-state index in [0.29, 0.717) is 78.1 Å². The van der Waals surface area contributed by atoms with Gasteiger partial charge in [0.2, 0.25) is 5.89 Å². The van der Waals surface area contributed by atoms with Crippen LogP contribution in [-0.2, 0) is 0 Å². The number of fused-ring (bicyclic) bond motifs is 3. The smallest absolute Gasteiger partial charge is 0.252 e. The monoisotopic (exact) mass is 720 g/mol. The second-order valence-electron chi connectivity index (χ2n) is 11.6. The molecule has 7 aromatic heterocycles.